The molecular weight excluding hydrogens is 295 g/mol. The van der Waals surface area contributed by atoms with Gasteiger partial charge in [-0.1, -0.05) is 12.1 Å². The van der Waals surface area contributed by atoms with Gasteiger partial charge in [-0.25, -0.2) is 14.4 Å². The monoisotopic (exact) mass is 306 g/mol. The second-order valence-electron chi connectivity index (χ2n) is 3.80. The molecule has 0 bridgehead atoms. The minimum Gasteiger partial charge on any atom is -0.368 e. The second kappa shape index (κ2) is 6.59. The van der Waals surface area contributed by atoms with E-state index in [0.29, 0.717) is 21.4 Å². The topological polar surface area (TPSA) is 75.6 Å². The molecule has 2 aromatic rings. The largest absolute Gasteiger partial charge is 0.368 e. The van der Waals surface area contributed by atoms with Crippen LogP contribution in [0.25, 0.3) is 0 Å². The fourth-order valence-electron chi connectivity index (χ4n) is 1.52. The average Bonchev–Trinajstić information content (AvgIpc) is 2.46. The van der Waals surface area contributed by atoms with E-state index in [-0.39, 0.29) is 11.8 Å². The Hall–Kier alpha value is -1.78. The third-order valence-electron chi connectivity index (χ3n) is 2.45. The molecule has 0 spiro atoms. The highest BCUT2D eigenvalue weighted by Crippen LogP contribution is 2.29. The summed E-state index contributed by atoms with van der Waals surface area (Å²) in [6.07, 6.45) is 1.83. The van der Waals surface area contributed by atoms with Crippen LogP contribution in [0, 0.1) is 17.1 Å². The van der Waals surface area contributed by atoms with Crippen molar-refractivity contribution in [3.8, 4) is 6.07 Å². The molecule has 0 atom stereocenters. The molecule has 1 aromatic heterocycles. The summed E-state index contributed by atoms with van der Waals surface area (Å²) in [6, 6.07) is 8.32. The highest BCUT2D eigenvalue weighted by atomic mass is 32.2. The van der Waals surface area contributed by atoms with Crippen molar-refractivity contribution in [2.45, 2.75) is 15.8 Å². The Balaban J connectivity index is 2.23. The molecule has 20 heavy (non-hydrogen) atoms. The Morgan fingerprint density at radius 3 is 2.50 bits per heavy atom. The van der Waals surface area contributed by atoms with Crippen molar-refractivity contribution in [2.75, 3.05) is 12.0 Å². The van der Waals surface area contributed by atoms with E-state index in [1.807, 2.05) is 6.26 Å². The van der Waals surface area contributed by atoms with Crippen LogP contribution < -0.4 is 5.73 Å². The first kappa shape index (κ1) is 14.6. The quantitative estimate of drug-likeness (QED) is 0.691. The second-order valence-corrected chi connectivity index (χ2v) is 5.56. The van der Waals surface area contributed by atoms with Gasteiger partial charge in [0.2, 0.25) is 5.95 Å². The standard InChI is InChI=1S/C13H11FN4S2/c1-19-11-10(6-15)12(18-13(16)17-11)20-7-8-2-4-9(14)5-3-8/h2-5H,7H2,1H3,(H2,16,17,18). The number of anilines is 1. The van der Waals surface area contributed by atoms with E-state index in [1.165, 1.54) is 35.7 Å². The van der Waals surface area contributed by atoms with E-state index >= 15 is 0 Å². The number of rotatable bonds is 4. The summed E-state index contributed by atoms with van der Waals surface area (Å²) < 4.78 is 12.8. The molecule has 0 aliphatic heterocycles. The van der Waals surface area contributed by atoms with Crippen molar-refractivity contribution in [1.29, 1.82) is 5.26 Å². The van der Waals surface area contributed by atoms with Gasteiger partial charge in [-0.3, -0.25) is 0 Å². The van der Waals surface area contributed by atoms with E-state index < -0.39 is 0 Å². The molecule has 1 aromatic carbocycles. The molecule has 7 heteroatoms. The lowest BCUT2D eigenvalue weighted by molar-refractivity contribution is 0.627. The molecule has 0 fully saturated rings. The number of nitrogens with zero attached hydrogens (tertiary/aromatic N) is 3. The summed E-state index contributed by atoms with van der Waals surface area (Å²) in [5.41, 5.74) is 7.02. The van der Waals surface area contributed by atoms with Gasteiger partial charge < -0.3 is 5.73 Å². The van der Waals surface area contributed by atoms with Crippen molar-refractivity contribution in [1.82, 2.24) is 9.97 Å². The van der Waals surface area contributed by atoms with Crippen molar-refractivity contribution < 1.29 is 4.39 Å². The minimum absolute atomic E-state index is 0.148. The number of hydrogen-bond acceptors (Lipinski definition) is 6. The van der Waals surface area contributed by atoms with Gasteiger partial charge in [0, 0.05) is 5.75 Å². The van der Waals surface area contributed by atoms with E-state index in [9.17, 15) is 9.65 Å². The summed E-state index contributed by atoms with van der Waals surface area (Å²) in [7, 11) is 0. The molecule has 0 aliphatic rings. The first-order valence-electron chi connectivity index (χ1n) is 5.63. The number of nitriles is 1. The van der Waals surface area contributed by atoms with Gasteiger partial charge in [0.15, 0.2) is 0 Å². The molecule has 102 valence electrons. The van der Waals surface area contributed by atoms with E-state index in [1.54, 1.807) is 12.1 Å². The molecule has 2 rings (SSSR count). The molecular formula is C13H11FN4S2. The van der Waals surface area contributed by atoms with Crippen LogP contribution in [0.2, 0.25) is 0 Å². The van der Waals surface area contributed by atoms with Crippen LogP contribution >= 0.6 is 23.5 Å². The smallest absolute Gasteiger partial charge is 0.222 e. The zero-order chi connectivity index (χ0) is 14.5. The molecule has 0 saturated heterocycles. The van der Waals surface area contributed by atoms with Gasteiger partial charge >= 0.3 is 0 Å². The fourth-order valence-corrected chi connectivity index (χ4v) is 3.05. The van der Waals surface area contributed by atoms with Crippen molar-refractivity contribution >= 4 is 29.5 Å². The zero-order valence-corrected chi connectivity index (χ0v) is 12.3. The SMILES string of the molecule is CSc1nc(N)nc(SCc2ccc(F)cc2)c1C#N. The lowest BCUT2D eigenvalue weighted by Crippen LogP contribution is -2.01. The van der Waals surface area contributed by atoms with Crippen LogP contribution in [0.3, 0.4) is 0 Å². The summed E-state index contributed by atoms with van der Waals surface area (Å²) >= 11 is 2.74. The van der Waals surface area contributed by atoms with Gasteiger partial charge in [-0.15, -0.1) is 23.5 Å². The molecule has 0 saturated carbocycles. The van der Waals surface area contributed by atoms with Gasteiger partial charge in [-0.2, -0.15) is 5.26 Å². The number of benzene rings is 1. The first-order valence-corrected chi connectivity index (χ1v) is 7.84. The number of nitrogens with two attached hydrogens (primary N) is 1. The molecule has 2 N–H and O–H groups in total. The third-order valence-corrected chi connectivity index (χ3v) is 4.18. The van der Waals surface area contributed by atoms with E-state index in [0.717, 1.165) is 5.56 Å². The maximum Gasteiger partial charge on any atom is 0.222 e. The van der Waals surface area contributed by atoms with E-state index in [2.05, 4.69) is 16.0 Å². The maximum absolute atomic E-state index is 12.8. The number of thioether (sulfide) groups is 2. The predicted octanol–water partition coefficient (Wildman–Crippen LogP) is 3.08. The average molecular weight is 306 g/mol. The van der Waals surface area contributed by atoms with Crippen LogP contribution in [0.5, 0.6) is 0 Å². The molecule has 0 unspecified atom stereocenters. The van der Waals surface area contributed by atoms with Gasteiger partial charge in [0.1, 0.15) is 27.5 Å². The highest BCUT2D eigenvalue weighted by molar-refractivity contribution is 7.99. The predicted molar refractivity (Wildman–Crippen MR) is 78.9 cm³/mol. The molecule has 0 amide bonds. The summed E-state index contributed by atoms with van der Waals surface area (Å²) in [5.74, 6) is 0.460. The number of hydrogen-bond donors (Lipinski definition) is 1. The van der Waals surface area contributed by atoms with E-state index in [4.69, 9.17) is 5.73 Å². The molecule has 1 heterocycles. The van der Waals surface area contributed by atoms with Crippen LogP contribution in [0.15, 0.2) is 34.3 Å². The van der Waals surface area contributed by atoms with Crippen molar-refractivity contribution in [3.63, 3.8) is 0 Å². The Bertz CT molecular complexity index is 653. The van der Waals surface area contributed by atoms with Gasteiger partial charge in [0.05, 0.1) is 0 Å². The number of nitrogen functional groups attached to an aromatic ring is 1. The Morgan fingerprint density at radius 2 is 1.90 bits per heavy atom. The minimum atomic E-state index is -0.271. The van der Waals surface area contributed by atoms with Gasteiger partial charge in [0.25, 0.3) is 0 Å². The lowest BCUT2D eigenvalue weighted by atomic mass is 10.2. The fraction of sp³-hybridized carbons (Fsp3) is 0.154. The number of aromatic nitrogens is 2. The maximum atomic E-state index is 12.8. The van der Waals surface area contributed by atoms with Crippen LogP contribution in [-0.2, 0) is 5.75 Å². The Morgan fingerprint density at radius 1 is 1.25 bits per heavy atom. The summed E-state index contributed by atoms with van der Waals surface area (Å²) in [4.78, 5) is 8.14. The van der Waals surface area contributed by atoms with Gasteiger partial charge in [-0.05, 0) is 24.0 Å². The Labute approximate surface area is 124 Å². The van der Waals surface area contributed by atoms with Crippen LogP contribution in [0.4, 0.5) is 10.3 Å². The van der Waals surface area contributed by atoms with Crippen molar-refractivity contribution in [3.05, 3.63) is 41.2 Å². The highest BCUT2D eigenvalue weighted by Gasteiger charge is 2.13. The number of halogens is 1. The van der Waals surface area contributed by atoms with Crippen LogP contribution in [-0.4, -0.2) is 16.2 Å². The van der Waals surface area contributed by atoms with Crippen molar-refractivity contribution in [2.24, 2.45) is 0 Å². The lowest BCUT2D eigenvalue weighted by Gasteiger charge is -2.07. The van der Waals surface area contributed by atoms with Crippen LogP contribution in [0.1, 0.15) is 11.1 Å². The molecule has 4 nitrogen and oxygen atoms in total. The molecule has 0 aliphatic carbocycles. The summed E-state index contributed by atoms with van der Waals surface area (Å²) in [6.45, 7) is 0. The summed E-state index contributed by atoms with van der Waals surface area (Å²) in [5, 5.41) is 10.3. The Kier molecular flexibility index (Phi) is 4.82. The normalized spacial score (nSPS) is 10.2. The molecule has 0 radical (unpaired) electrons. The zero-order valence-electron chi connectivity index (χ0n) is 10.6. The third kappa shape index (κ3) is 3.40. The first-order chi connectivity index (χ1) is 9.63.